The Balaban J connectivity index is 2.03. The molecule has 1 N–H and O–H groups in total. The van der Waals surface area contributed by atoms with Crippen LogP contribution in [0, 0.1) is 0 Å². The van der Waals surface area contributed by atoms with Crippen LogP contribution in [0.15, 0.2) is 64.3 Å². The van der Waals surface area contributed by atoms with Crippen LogP contribution < -0.4 is 5.30 Å². The molecule has 4 heteroatoms. The summed E-state index contributed by atoms with van der Waals surface area (Å²) >= 11 is 8.09. The zero-order chi connectivity index (χ0) is 15.2. The molecule has 2 aromatic rings. The first-order valence-corrected chi connectivity index (χ1v) is 11.2. The zero-order valence-electron chi connectivity index (χ0n) is 12.2. The van der Waals surface area contributed by atoms with Crippen LogP contribution in [0.3, 0.4) is 0 Å². The first-order valence-electron chi connectivity index (χ1n) is 7.54. The highest BCUT2D eigenvalue weighted by molar-refractivity contribution is 8.25. The van der Waals surface area contributed by atoms with Crippen LogP contribution in [0.1, 0.15) is 24.1 Å². The first kappa shape index (κ1) is 14.6. The summed E-state index contributed by atoms with van der Waals surface area (Å²) in [7, 11) is 0. The number of thiophene rings is 1. The zero-order valence-corrected chi connectivity index (χ0v) is 14.7. The fourth-order valence-corrected chi connectivity index (χ4v) is 9.88. The van der Waals surface area contributed by atoms with Crippen LogP contribution in [0.4, 0.5) is 0 Å². The molecular formula is C18H17OPS2. The van der Waals surface area contributed by atoms with Crippen molar-refractivity contribution < 1.29 is 5.11 Å². The molecule has 1 aromatic carbocycles. The van der Waals surface area contributed by atoms with Crippen LogP contribution in [-0.2, 0) is 11.8 Å². The Labute approximate surface area is 140 Å². The van der Waals surface area contributed by atoms with E-state index in [-0.39, 0.29) is 6.61 Å². The van der Waals surface area contributed by atoms with Crippen molar-refractivity contribution in [1.82, 2.24) is 0 Å². The molecule has 0 spiro atoms. The van der Waals surface area contributed by atoms with Crippen molar-refractivity contribution in [2.24, 2.45) is 0 Å². The lowest BCUT2D eigenvalue weighted by atomic mass is 10.1. The smallest absolute Gasteiger partial charge is 0.0702 e. The maximum Gasteiger partial charge on any atom is 0.0702 e. The standard InChI is InChI=1S/C18H17OPS2/c19-12-16-14-8-4-9-15(14)18(17-10-5-11-22-17)20(16,21)13-6-2-1-3-7-13/h1-3,5-7,10-11,19H,4,8-9,12H2. The van der Waals surface area contributed by atoms with Crippen molar-refractivity contribution in [1.29, 1.82) is 0 Å². The van der Waals surface area contributed by atoms with Crippen molar-refractivity contribution in [3.63, 3.8) is 0 Å². The molecule has 4 rings (SSSR count). The summed E-state index contributed by atoms with van der Waals surface area (Å²) in [5.74, 6) is 0. The fourth-order valence-electron chi connectivity index (χ4n) is 3.67. The highest BCUT2D eigenvalue weighted by Crippen LogP contribution is 2.73. The number of benzene rings is 1. The average molecular weight is 344 g/mol. The summed E-state index contributed by atoms with van der Waals surface area (Å²) in [6, 6.07) is 12.7. The van der Waals surface area contributed by atoms with Gasteiger partial charge in [0, 0.05) is 21.5 Å². The Hall–Kier alpha value is -0.990. The van der Waals surface area contributed by atoms with Gasteiger partial charge in [-0.25, -0.2) is 0 Å². The molecule has 2 aliphatic rings. The predicted molar refractivity (Wildman–Crippen MR) is 99.6 cm³/mol. The number of hydrogen-bond donors (Lipinski definition) is 1. The van der Waals surface area contributed by atoms with Gasteiger partial charge in [0.15, 0.2) is 0 Å². The van der Waals surface area contributed by atoms with E-state index < -0.39 is 6.04 Å². The third-order valence-corrected chi connectivity index (χ3v) is 10.8. The molecule has 1 saturated carbocycles. The van der Waals surface area contributed by atoms with Crippen molar-refractivity contribution in [3.05, 3.63) is 69.2 Å². The molecule has 112 valence electrons. The van der Waals surface area contributed by atoms with Gasteiger partial charge in [0.05, 0.1) is 6.61 Å². The van der Waals surface area contributed by atoms with E-state index in [0.717, 1.165) is 18.2 Å². The third-order valence-electron chi connectivity index (χ3n) is 4.57. The van der Waals surface area contributed by atoms with E-state index in [4.69, 9.17) is 11.8 Å². The van der Waals surface area contributed by atoms with Crippen LogP contribution in [0.2, 0.25) is 0 Å². The molecule has 1 nitrogen and oxygen atoms in total. The van der Waals surface area contributed by atoms with E-state index in [9.17, 15) is 5.11 Å². The second kappa shape index (κ2) is 5.58. The third kappa shape index (κ3) is 1.97. The highest BCUT2D eigenvalue weighted by atomic mass is 32.4. The molecular weight excluding hydrogens is 327 g/mol. The molecule has 0 radical (unpaired) electrons. The number of aliphatic hydroxyl groups excluding tert-OH is 1. The molecule has 0 amide bonds. The van der Waals surface area contributed by atoms with Gasteiger partial charge in [-0.3, -0.25) is 0 Å². The summed E-state index contributed by atoms with van der Waals surface area (Å²) in [4.78, 5) is 1.30. The topological polar surface area (TPSA) is 20.2 Å². The fraction of sp³-hybridized carbons (Fsp3) is 0.222. The van der Waals surface area contributed by atoms with Crippen molar-refractivity contribution in [3.8, 4) is 0 Å². The molecule has 0 bridgehead atoms. The summed E-state index contributed by atoms with van der Waals surface area (Å²) < 4.78 is 0. The maximum absolute atomic E-state index is 10.1. The van der Waals surface area contributed by atoms with E-state index in [2.05, 4.69) is 41.8 Å². The molecule has 2 heterocycles. The molecule has 22 heavy (non-hydrogen) atoms. The lowest BCUT2D eigenvalue weighted by Gasteiger charge is -2.24. The van der Waals surface area contributed by atoms with Crippen LogP contribution >= 0.6 is 17.4 Å². The normalized spacial score (nSPS) is 24.2. The second-order valence-corrected chi connectivity index (χ2v) is 11.0. The SMILES string of the molecule is OCC1=C2CCCC2=C(c2cccs2)P1(=S)c1ccccc1. The monoisotopic (exact) mass is 344 g/mol. The Morgan fingerprint density at radius 2 is 1.82 bits per heavy atom. The molecule has 1 aromatic heterocycles. The van der Waals surface area contributed by atoms with Crippen molar-refractivity contribution in [2.45, 2.75) is 19.3 Å². The number of hydrogen-bond acceptors (Lipinski definition) is 3. The van der Waals surface area contributed by atoms with Crippen LogP contribution in [0.5, 0.6) is 0 Å². The predicted octanol–water partition coefficient (Wildman–Crippen LogP) is 4.71. The number of aliphatic hydroxyl groups is 1. The minimum Gasteiger partial charge on any atom is -0.392 e. The molecule has 0 saturated heterocycles. The van der Waals surface area contributed by atoms with Gasteiger partial charge in [-0.05, 0) is 47.2 Å². The van der Waals surface area contributed by atoms with Gasteiger partial charge in [0.2, 0.25) is 0 Å². The molecule has 1 atom stereocenters. The van der Waals surface area contributed by atoms with E-state index in [1.807, 2.05) is 6.07 Å². The van der Waals surface area contributed by atoms with Gasteiger partial charge in [-0.2, -0.15) is 0 Å². The lowest BCUT2D eigenvalue weighted by Crippen LogP contribution is -2.08. The van der Waals surface area contributed by atoms with E-state index >= 15 is 0 Å². The number of allylic oxidation sites excluding steroid dienone is 2. The average Bonchev–Trinajstić information content (AvgIpc) is 3.25. The number of rotatable bonds is 3. The van der Waals surface area contributed by atoms with Gasteiger partial charge < -0.3 is 5.11 Å². The quantitative estimate of drug-likeness (QED) is 0.814. The summed E-state index contributed by atoms with van der Waals surface area (Å²) in [5, 5.41) is 15.9. The summed E-state index contributed by atoms with van der Waals surface area (Å²) in [6.07, 6.45) is 3.37. The van der Waals surface area contributed by atoms with Crippen LogP contribution in [-0.4, -0.2) is 11.7 Å². The Kier molecular flexibility index (Phi) is 3.70. The molecule has 1 aliphatic carbocycles. The molecule has 1 aliphatic heterocycles. The van der Waals surface area contributed by atoms with Crippen LogP contribution in [0.25, 0.3) is 5.31 Å². The first-order chi connectivity index (χ1) is 10.8. The van der Waals surface area contributed by atoms with Gasteiger partial charge in [0.1, 0.15) is 0 Å². The maximum atomic E-state index is 10.1. The second-order valence-electron chi connectivity index (χ2n) is 5.69. The van der Waals surface area contributed by atoms with E-state index in [1.165, 1.54) is 33.1 Å². The Morgan fingerprint density at radius 3 is 2.50 bits per heavy atom. The van der Waals surface area contributed by atoms with Gasteiger partial charge in [-0.1, -0.05) is 48.2 Å². The highest BCUT2D eigenvalue weighted by Gasteiger charge is 2.42. The Bertz CT molecular complexity index is 816. The molecule has 1 fully saturated rings. The Morgan fingerprint density at radius 1 is 1.05 bits per heavy atom. The lowest BCUT2D eigenvalue weighted by molar-refractivity contribution is 0.338. The minimum absolute atomic E-state index is 0.0971. The number of fused-ring (bicyclic) bond motifs is 1. The summed E-state index contributed by atoms with van der Waals surface area (Å²) in [6.45, 7) is 0.0971. The van der Waals surface area contributed by atoms with Crippen molar-refractivity contribution >= 4 is 39.8 Å². The van der Waals surface area contributed by atoms with E-state index in [1.54, 1.807) is 11.3 Å². The summed E-state index contributed by atoms with van der Waals surface area (Å²) in [5.41, 5.74) is 2.82. The van der Waals surface area contributed by atoms with Crippen molar-refractivity contribution in [2.75, 3.05) is 6.61 Å². The molecule has 1 unspecified atom stereocenters. The van der Waals surface area contributed by atoms with Gasteiger partial charge in [0.25, 0.3) is 0 Å². The largest absolute Gasteiger partial charge is 0.392 e. The van der Waals surface area contributed by atoms with Gasteiger partial charge in [-0.15, -0.1) is 11.3 Å². The minimum atomic E-state index is -2.06. The van der Waals surface area contributed by atoms with Gasteiger partial charge >= 0.3 is 0 Å². The van der Waals surface area contributed by atoms with E-state index in [0.29, 0.717) is 0 Å².